The van der Waals surface area contributed by atoms with Gasteiger partial charge in [-0.1, -0.05) is 41.4 Å². The molecule has 5 heterocycles. The second kappa shape index (κ2) is 27.5. The third kappa shape index (κ3) is 13.7. The highest BCUT2D eigenvalue weighted by Gasteiger charge is 2.58. The lowest BCUT2D eigenvalue weighted by atomic mass is 9.64. The quantitative estimate of drug-likeness (QED) is 0.00680. The molecule has 0 amide bonds. The van der Waals surface area contributed by atoms with Crippen LogP contribution in [0.5, 0.6) is 11.5 Å². The Morgan fingerprint density at radius 1 is 0.582 bits per heavy atom. The molecule has 29 nitrogen and oxygen atoms in total. The Morgan fingerprint density at radius 3 is 1.71 bits per heavy atom. The fraction of sp³-hybridized carbons (Fsp3) is 0.593. The number of aliphatic hydroxyl groups is 1. The summed E-state index contributed by atoms with van der Waals surface area (Å²) in [5.41, 5.74) is 27.1. The number of fused-ring (bicyclic) bond motifs is 5. The van der Waals surface area contributed by atoms with Crippen molar-refractivity contribution in [1.82, 2.24) is 34.9 Å². The van der Waals surface area contributed by atoms with Gasteiger partial charge >= 0.3 is 0 Å². The molecule has 4 aromatic carbocycles. The third-order valence-electron chi connectivity index (χ3n) is 20.6. The average Bonchev–Trinajstić information content (AvgIpc) is 1.18. The van der Waals surface area contributed by atoms with Gasteiger partial charge in [0.05, 0.1) is 135 Å². The number of sulfone groups is 1. The fourth-order valence-corrected chi connectivity index (χ4v) is 29.6. The number of azo groups is 3. The second-order valence-corrected chi connectivity index (χ2v) is 41.3. The average molecular weight is 1540 g/mol. The second-order valence-electron chi connectivity index (χ2n) is 27.2. The van der Waals surface area contributed by atoms with Crippen LogP contribution < -0.4 is 27.2 Å². The predicted octanol–water partition coefficient (Wildman–Crippen LogP) is 12.0. The van der Waals surface area contributed by atoms with Crippen molar-refractivity contribution in [3.05, 3.63) is 18.2 Å². The van der Waals surface area contributed by atoms with Crippen LogP contribution in [0.2, 0.25) is 0 Å². The van der Waals surface area contributed by atoms with E-state index in [4.69, 9.17) is 27.4 Å². The SMILES string of the molecule is CN(C)CCCNCCS(=O)(=O)C1CCC(N=NC2C(O)C3C(CC2S(O)(O)O)CC(S(=O)(=O)O)C(N=NC2CCC(S(=O)(=O)NC4CCC(N=Nc5c(N)c(O)c6ssc7c8[nH]c9cc%10[nH]c%11cc(N)c(O)c%12ssc(c9[nH]c8cc8[nH]c5c6sc87)c%10sc%11%12)CC4)CC2)C3N)CC1. The van der Waals surface area contributed by atoms with Crippen molar-refractivity contribution in [3.8, 4) is 11.5 Å². The zero-order chi connectivity index (χ0) is 69.1. The molecule has 5 fully saturated rings. The number of aromatic nitrogens is 4. The van der Waals surface area contributed by atoms with Crippen LogP contribution in [-0.2, 0) is 30.0 Å². The third-order valence-corrected chi connectivity index (χ3v) is 35.3. The molecule has 98 heavy (non-hydrogen) atoms. The lowest BCUT2D eigenvalue weighted by Gasteiger charge is -2.52. The summed E-state index contributed by atoms with van der Waals surface area (Å²) in [6.07, 6.45) is 3.28. The van der Waals surface area contributed by atoms with Crippen LogP contribution in [0.4, 0.5) is 17.1 Å². The molecule has 5 aliphatic carbocycles. The number of nitrogen functional groups attached to an aromatic ring is 2. The van der Waals surface area contributed by atoms with Gasteiger partial charge in [-0.3, -0.25) is 4.55 Å². The summed E-state index contributed by atoms with van der Waals surface area (Å²) in [7, 11) is -6.58. The van der Waals surface area contributed by atoms with Crippen LogP contribution in [0.3, 0.4) is 0 Å². The standard InChI is InChI=1S/C59H80N16O13S10/c1-75(2)18-3-16-63-17-19-95(79,80)30-12-8-27(9-13-30)69-72-46-39(98(86,87)88)21-25-20-38(97(83,84)85)45(41(61)40(25)50(46)77)71-68-28-10-14-31(15-11-28)96(81,82)74-29-6-4-26(5-7-29)70-73-47-42(62)51(78)59-55-48(47)67-37-24-34-44(57(92-94-59)53(37)90-55)65-33-23-36-52-56(43(33)66-34)91-93-58-49(76)32(60)22-35(64-36)54(58)89-52/h22-31,38-41,45-46,50,63-67,74,76-78,86-88H,3-21,60-62H2,1-2H3,(H,83,84,85). The molecule has 5 aromatic heterocycles. The first-order valence-corrected chi connectivity index (χ1v) is 44.9. The number of aliphatic hydroxyl groups excluding tert-OH is 1. The molecule has 0 saturated heterocycles. The summed E-state index contributed by atoms with van der Waals surface area (Å²) >= 11 is 3.12. The molecule has 8 atom stereocenters. The maximum absolute atomic E-state index is 14.0. The molecular weight excluding hydrogens is 1460 g/mol. The summed E-state index contributed by atoms with van der Waals surface area (Å²) in [6.45, 7) is 1.93. The molecule has 39 heteroatoms. The van der Waals surface area contributed by atoms with Gasteiger partial charge in [0, 0.05) is 24.5 Å². The molecule has 534 valence electrons. The lowest BCUT2D eigenvalue weighted by Crippen LogP contribution is -2.64. The summed E-state index contributed by atoms with van der Waals surface area (Å²) < 4.78 is 133. The molecule has 9 aromatic rings. The van der Waals surface area contributed by atoms with E-state index in [-0.39, 0.29) is 60.7 Å². The summed E-state index contributed by atoms with van der Waals surface area (Å²) in [5.74, 6) is -1.83. The van der Waals surface area contributed by atoms with E-state index >= 15 is 0 Å². The van der Waals surface area contributed by atoms with Crippen LogP contribution in [0.1, 0.15) is 96.3 Å². The highest BCUT2D eigenvalue weighted by Crippen LogP contribution is 2.56. The van der Waals surface area contributed by atoms with E-state index < -0.39 is 110 Å². The number of nitrogens with two attached hydrogens (primary N) is 3. The van der Waals surface area contributed by atoms with Gasteiger partial charge in [0.15, 0.2) is 21.3 Å². The van der Waals surface area contributed by atoms with Crippen LogP contribution >= 0.6 is 74.9 Å². The first kappa shape index (κ1) is 70.3. The van der Waals surface area contributed by atoms with E-state index in [1.807, 2.05) is 20.2 Å². The minimum atomic E-state index is -4.86. The Hall–Kier alpha value is -4.76. The highest BCUT2D eigenvalue weighted by molar-refractivity contribution is 8.20. The number of aromatic amines is 4. The highest BCUT2D eigenvalue weighted by atomic mass is 32.9. The van der Waals surface area contributed by atoms with Crippen molar-refractivity contribution in [2.45, 2.75) is 166 Å². The maximum Gasteiger partial charge on any atom is 0.270 e. The molecule has 14 rings (SSSR count). The Kier molecular flexibility index (Phi) is 19.7. The zero-order valence-electron chi connectivity index (χ0n) is 53.3. The molecular formula is C59H80N16O13S10. The first-order valence-electron chi connectivity index (χ1n) is 32.7. The number of aromatic hydroxyl groups is 2. The van der Waals surface area contributed by atoms with Gasteiger partial charge in [-0.15, -0.1) is 22.7 Å². The van der Waals surface area contributed by atoms with E-state index in [9.17, 15) is 58.8 Å². The van der Waals surface area contributed by atoms with Gasteiger partial charge < -0.3 is 76.3 Å². The van der Waals surface area contributed by atoms with Crippen molar-refractivity contribution < 1.29 is 58.8 Å². The minimum absolute atomic E-state index is 0.00426. The van der Waals surface area contributed by atoms with Gasteiger partial charge in [0.2, 0.25) is 10.0 Å². The Balaban J connectivity index is 0.607. The largest absolute Gasteiger partial charge is 0.504 e. The number of rotatable bonds is 19. The van der Waals surface area contributed by atoms with Gasteiger partial charge in [0.25, 0.3) is 10.1 Å². The van der Waals surface area contributed by atoms with Gasteiger partial charge in [-0.05, 0) is 148 Å². The normalized spacial score (nSPS) is 28.5. The summed E-state index contributed by atoms with van der Waals surface area (Å²) in [4.78, 5) is 16.7. The Bertz CT molecular complexity index is 5030. The van der Waals surface area contributed by atoms with Crippen molar-refractivity contribution in [2.75, 3.05) is 50.9 Å². The van der Waals surface area contributed by atoms with E-state index in [0.29, 0.717) is 104 Å². The number of hydrogen-bond donors (Lipinski definition) is 16. The molecule has 5 saturated carbocycles. The maximum atomic E-state index is 14.0. The van der Waals surface area contributed by atoms with E-state index in [1.165, 1.54) is 42.4 Å². The summed E-state index contributed by atoms with van der Waals surface area (Å²) in [5, 5.41) is 60.7. The molecule has 4 bridgehead atoms. The minimum Gasteiger partial charge on any atom is -0.504 e. The molecule has 19 N–H and O–H groups in total. The van der Waals surface area contributed by atoms with Gasteiger partial charge in [0.1, 0.15) is 38.1 Å². The van der Waals surface area contributed by atoms with Gasteiger partial charge in [-0.25, -0.2) is 21.6 Å². The number of nitrogens with zero attached hydrogens (tertiary/aromatic N) is 7. The molecule has 0 aliphatic heterocycles. The molecule has 0 radical (unpaired) electrons. The smallest absolute Gasteiger partial charge is 0.270 e. The Morgan fingerprint density at radius 2 is 1.10 bits per heavy atom. The predicted molar refractivity (Wildman–Crippen MR) is 396 cm³/mol. The van der Waals surface area contributed by atoms with E-state index in [0.717, 1.165) is 79.8 Å². The zero-order valence-corrected chi connectivity index (χ0v) is 61.4. The number of sulfonamides is 1. The number of H-pyrrole nitrogens is 4. The van der Waals surface area contributed by atoms with E-state index in [2.05, 4.69) is 61.4 Å². The molecule has 5 aliphatic rings. The number of nitrogens with one attached hydrogen (secondary N) is 6. The van der Waals surface area contributed by atoms with Crippen molar-refractivity contribution in [2.24, 2.45) is 48.3 Å². The topological polar surface area (TPSA) is 487 Å². The van der Waals surface area contributed by atoms with Crippen molar-refractivity contribution in [1.29, 1.82) is 0 Å². The lowest BCUT2D eigenvalue weighted by molar-refractivity contribution is -0.0217. The number of anilines is 2. The summed E-state index contributed by atoms with van der Waals surface area (Å²) in [6, 6.07) is 0.311. The monoisotopic (exact) mass is 1540 g/mol. The number of benzene rings is 4. The van der Waals surface area contributed by atoms with Crippen LogP contribution in [0, 0.1) is 11.8 Å². The van der Waals surface area contributed by atoms with Gasteiger partial charge in [-0.2, -0.15) is 39.1 Å². The fourth-order valence-electron chi connectivity index (χ4n) is 15.3. The van der Waals surface area contributed by atoms with E-state index in [1.54, 1.807) is 27.7 Å². The number of hydrogen-bond acceptors (Lipinski definition) is 29. The van der Waals surface area contributed by atoms with Crippen LogP contribution in [0.15, 0.2) is 48.9 Å². The van der Waals surface area contributed by atoms with Crippen LogP contribution in [0.25, 0.3) is 81.7 Å². The number of phenolic OH excluding ortho intramolecular Hbond substituents is 2. The first-order chi connectivity index (χ1) is 46.6. The van der Waals surface area contributed by atoms with Crippen LogP contribution in [-0.4, -0.2) is 192 Å². The number of phenols is 2. The molecule has 0 spiro atoms. The van der Waals surface area contributed by atoms with Crippen molar-refractivity contribution in [3.63, 3.8) is 0 Å². The Labute approximate surface area is 587 Å². The van der Waals surface area contributed by atoms with Crippen molar-refractivity contribution >= 4 is 204 Å². The molecule has 8 unspecified atom stereocenters.